The van der Waals surface area contributed by atoms with Crippen LogP contribution in [0, 0.1) is 27.7 Å². The monoisotopic (exact) mass is 343 g/mol. The van der Waals surface area contributed by atoms with Crippen LogP contribution in [0.4, 0.5) is 0 Å². The third-order valence-electron chi connectivity index (χ3n) is 4.77. The van der Waals surface area contributed by atoms with E-state index in [4.69, 9.17) is 0 Å². The molecule has 0 fully saturated rings. The maximum atomic E-state index is 13.0. The standard InChI is InChI=1S/C24H25NO/c1-16-10-12-21(18(3)14-16)23(20-8-6-5-7-9-20)25-24(26)22-13-11-17(2)15-19(22)4/h5-15,23H,1-4H3,(H,25,26). The molecule has 1 atom stereocenters. The van der Waals surface area contributed by atoms with E-state index in [2.05, 4.69) is 49.5 Å². The lowest BCUT2D eigenvalue weighted by molar-refractivity contribution is 0.0942. The van der Waals surface area contributed by atoms with Gasteiger partial charge in [-0.3, -0.25) is 4.79 Å². The molecule has 1 unspecified atom stereocenters. The fraction of sp³-hybridized carbons (Fsp3) is 0.208. The van der Waals surface area contributed by atoms with Gasteiger partial charge in [0, 0.05) is 5.56 Å². The van der Waals surface area contributed by atoms with Crippen molar-refractivity contribution < 1.29 is 4.79 Å². The highest BCUT2D eigenvalue weighted by atomic mass is 16.1. The van der Waals surface area contributed by atoms with Gasteiger partial charge in [-0.2, -0.15) is 0 Å². The first-order valence-corrected chi connectivity index (χ1v) is 8.96. The summed E-state index contributed by atoms with van der Waals surface area (Å²) in [5.41, 5.74) is 7.49. The molecule has 0 saturated heterocycles. The molecule has 26 heavy (non-hydrogen) atoms. The van der Waals surface area contributed by atoms with Gasteiger partial charge < -0.3 is 5.32 Å². The summed E-state index contributed by atoms with van der Waals surface area (Å²) >= 11 is 0. The highest BCUT2D eigenvalue weighted by molar-refractivity contribution is 5.96. The smallest absolute Gasteiger partial charge is 0.252 e. The van der Waals surface area contributed by atoms with E-state index in [1.807, 2.05) is 50.2 Å². The van der Waals surface area contributed by atoms with Gasteiger partial charge in [-0.05, 0) is 56.0 Å². The Kier molecular flexibility index (Phi) is 5.22. The van der Waals surface area contributed by atoms with Gasteiger partial charge in [0.15, 0.2) is 0 Å². The molecule has 0 aliphatic carbocycles. The fourth-order valence-electron chi connectivity index (χ4n) is 3.41. The molecule has 3 aromatic carbocycles. The second kappa shape index (κ2) is 7.57. The van der Waals surface area contributed by atoms with Crippen molar-refractivity contribution in [3.63, 3.8) is 0 Å². The lowest BCUT2D eigenvalue weighted by atomic mass is 9.93. The number of benzene rings is 3. The van der Waals surface area contributed by atoms with Crippen LogP contribution in [0.5, 0.6) is 0 Å². The molecule has 0 aliphatic heterocycles. The largest absolute Gasteiger partial charge is 0.341 e. The minimum atomic E-state index is -0.176. The molecule has 2 nitrogen and oxygen atoms in total. The molecule has 2 heteroatoms. The first-order valence-electron chi connectivity index (χ1n) is 8.96. The van der Waals surface area contributed by atoms with Gasteiger partial charge in [-0.15, -0.1) is 0 Å². The van der Waals surface area contributed by atoms with Crippen LogP contribution in [0.2, 0.25) is 0 Å². The van der Waals surface area contributed by atoms with E-state index >= 15 is 0 Å². The maximum absolute atomic E-state index is 13.0. The Morgan fingerprint density at radius 2 is 1.38 bits per heavy atom. The zero-order chi connectivity index (χ0) is 18.7. The van der Waals surface area contributed by atoms with Gasteiger partial charge in [0.1, 0.15) is 0 Å². The van der Waals surface area contributed by atoms with Crippen molar-refractivity contribution in [1.29, 1.82) is 0 Å². The second-order valence-corrected chi connectivity index (χ2v) is 7.00. The normalized spacial score (nSPS) is 11.8. The topological polar surface area (TPSA) is 29.1 Å². The number of hydrogen-bond donors (Lipinski definition) is 1. The predicted molar refractivity (Wildman–Crippen MR) is 108 cm³/mol. The SMILES string of the molecule is Cc1ccc(C(=O)NC(c2ccccc2)c2ccc(C)cc2C)c(C)c1. The average Bonchev–Trinajstić information content (AvgIpc) is 2.61. The van der Waals surface area contributed by atoms with E-state index in [-0.39, 0.29) is 11.9 Å². The number of aryl methyl sites for hydroxylation is 4. The van der Waals surface area contributed by atoms with Gasteiger partial charge in [0.25, 0.3) is 5.91 Å². The zero-order valence-corrected chi connectivity index (χ0v) is 15.8. The van der Waals surface area contributed by atoms with Crippen LogP contribution in [-0.2, 0) is 0 Å². The number of amides is 1. The molecule has 3 aromatic rings. The number of carbonyl (C=O) groups excluding carboxylic acids is 1. The van der Waals surface area contributed by atoms with Crippen LogP contribution in [-0.4, -0.2) is 5.91 Å². The molecule has 0 spiro atoms. The minimum Gasteiger partial charge on any atom is -0.341 e. The number of carbonyl (C=O) groups is 1. The first kappa shape index (κ1) is 17.9. The van der Waals surface area contributed by atoms with Gasteiger partial charge in [-0.25, -0.2) is 0 Å². The van der Waals surface area contributed by atoms with Crippen LogP contribution < -0.4 is 5.32 Å². The van der Waals surface area contributed by atoms with Crippen LogP contribution >= 0.6 is 0 Å². The lowest BCUT2D eigenvalue weighted by Gasteiger charge is -2.22. The number of hydrogen-bond acceptors (Lipinski definition) is 1. The average molecular weight is 343 g/mol. The molecule has 3 rings (SSSR count). The van der Waals surface area contributed by atoms with E-state index < -0.39 is 0 Å². The third kappa shape index (κ3) is 3.85. The summed E-state index contributed by atoms with van der Waals surface area (Å²) in [6.07, 6.45) is 0. The summed E-state index contributed by atoms with van der Waals surface area (Å²) in [5.74, 6) is -0.0451. The van der Waals surface area contributed by atoms with E-state index in [1.165, 1.54) is 11.1 Å². The predicted octanol–water partition coefficient (Wildman–Crippen LogP) is 5.44. The highest BCUT2D eigenvalue weighted by Crippen LogP contribution is 2.26. The summed E-state index contributed by atoms with van der Waals surface area (Å²) in [6, 6.07) is 22.3. The van der Waals surface area contributed by atoms with Crippen molar-refractivity contribution in [3.05, 3.63) is 106 Å². The Balaban J connectivity index is 2.00. The Morgan fingerprint density at radius 3 is 2.00 bits per heavy atom. The maximum Gasteiger partial charge on any atom is 0.252 e. The zero-order valence-electron chi connectivity index (χ0n) is 15.8. The summed E-state index contributed by atoms with van der Waals surface area (Å²) in [5, 5.41) is 3.25. The van der Waals surface area contributed by atoms with Crippen molar-refractivity contribution >= 4 is 5.91 Å². The van der Waals surface area contributed by atoms with Crippen LogP contribution in [0.15, 0.2) is 66.7 Å². The molecule has 0 aliphatic rings. The molecule has 0 heterocycles. The fourth-order valence-corrected chi connectivity index (χ4v) is 3.41. The van der Waals surface area contributed by atoms with E-state index in [0.717, 1.165) is 27.8 Å². The lowest BCUT2D eigenvalue weighted by Crippen LogP contribution is -2.30. The van der Waals surface area contributed by atoms with Gasteiger partial charge in [0.05, 0.1) is 6.04 Å². The van der Waals surface area contributed by atoms with Crippen LogP contribution in [0.1, 0.15) is 49.8 Å². The second-order valence-electron chi connectivity index (χ2n) is 7.00. The van der Waals surface area contributed by atoms with Crippen molar-refractivity contribution in [1.82, 2.24) is 5.32 Å². The Morgan fingerprint density at radius 1 is 0.769 bits per heavy atom. The first-order chi connectivity index (χ1) is 12.5. The van der Waals surface area contributed by atoms with Crippen LogP contribution in [0.25, 0.3) is 0 Å². The van der Waals surface area contributed by atoms with Crippen molar-refractivity contribution in [2.75, 3.05) is 0 Å². The van der Waals surface area contributed by atoms with Gasteiger partial charge in [0.2, 0.25) is 0 Å². The van der Waals surface area contributed by atoms with Gasteiger partial charge >= 0.3 is 0 Å². The summed E-state index contributed by atoms with van der Waals surface area (Å²) in [6.45, 7) is 8.21. The Bertz CT molecular complexity index is 928. The Hall–Kier alpha value is -2.87. The van der Waals surface area contributed by atoms with Crippen molar-refractivity contribution in [2.45, 2.75) is 33.7 Å². The highest BCUT2D eigenvalue weighted by Gasteiger charge is 2.20. The Labute approximate surface area is 155 Å². The number of rotatable bonds is 4. The molecular formula is C24H25NO. The van der Waals surface area contributed by atoms with Crippen molar-refractivity contribution in [3.8, 4) is 0 Å². The third-order valence-corrected chi connectivity index (χ3v) is 4.77. The molecule has 0 aromatic heterocycles. The minimum absolute atomic E-state index is 0.0451. The molecule has 0 bridgehead atoms. The molecule has 0 radical (unpaired) electrons. The van der Waals surface area contributed by atoms with Crippen molar-refractivity contribution in [2.24, 2.45) is 0 Å². The molecule has 0 saturated carbocycles. The van der Waals surface area contributed by atoms with E-state index in [9.17, 15) is 4.79 Å². The van der Waals surface area contributed by atoms with E-state index in [0.29, 0.717) is 0 Å². The van der Waals surface area contributed by atoms with E-state index in [1.54, 1.807) is 0 Å². The van der Waals surface area contributed by atoms with Crippen LogP contribution in [0.3, 0.4) is 0 Å². The summed E-state index contributed by atoms with van der Waals surface area (Å²) in [7, 11) is 0. The molecule has 132 valence electrons. The summed E-state index contributed by atoms with van der Waals surface area (Å²) < 4.78 is 0. The quantitative estimate of drug-likeness (QED) is 0.671. The number of nitrogens with one attached hydrogen (secondary N) is 1. The molecule has 1 amide bonds. The molecular weight excluding hydrogens is 318 g/mol. The summed E-state index contributed by atoms with van der Waals surface area (Å²) in [4.78, 5) is 13.0. The van der Waals surface area contributed by atoms with Gasteiger partial charge in [-0.1, -0.05) is 71.8 Å². The molecule has 1 N–H and O–H groups in total.